The first-order chi connectivity index (χ1) is 15.9. The fourth-order valence-corrected chi connectivity index (χ4v) is 4.22. The minimum absolute atomic E-state index is 0.0906. The zero-order valence-corrected chi connectivity index (χ0v) is 18.9. The number of halogens is 1. The summed E-state index contributed by atoms with van der Waals surface area (Å²) in [4.78, 5) is 29.9. The number of imide groups is 1. The molecule has 0 spiro atoms. The van der Waals surface area contributed by atoms with Crippen molar-refractivity contribution in [1.82, 2.24) is 9.80 Å². The van der Waals surface area contributed by atoms with Crippen LogP contribution in [-0.4, -0.2) is 67.2 Å². The highest BCUT2D eigenvalue weighted by Crippen LogP contribution is 2.33. The molecule has 0 radical (unpaired) electrons. The number of hydrogen-bond donors (Lipinski definition) is 0. The van der Waals surface area contributed by atoms with E-state index in [0.717, 1.165) is 0 Å². The highest BCUT2D eigenvalue weighted by atomic mass is 19.1. The Balaban J connectivity index is 1.56. The number of nitrogens with zero attached hydrogens (tertiary/aromatic N) is 2. The number of carbonyl (C=O) groups excluding carboxylic acids is 2. The molecule has 33 heavy (non-hydrogen) atoms. The normalized spacial score (nSPS) is 21.1. The Labute approximate surface area is 192 Å². The van der Waals surface area contributed by atoms with Crippen LogP contribution in [-0.2, 0) is 14.3 Å². The lowest BCUT2D eigenvalue weighted by Crippen LogP contribution is -2.47. The number of benzene rings is 2. The van der Waals surface area contributed by atoms with Gasteiger partial charge in [0.05, 0.1) is 31.4 Å². The van der Waals surface area contributed by atoms with E-state index in [-0.39, 0.29) is 36.8 Å². The molecule has 174 valence electrons. The number of morpholine rings is 1. The van der Waals surface area contributed by atoms with Crippen LogP contribution in [0.5, 0.6) is 11.5 Å². The van der Waals surface area contributed by atoms with E-state index < -0.39 is 11.7 Å². The highest BCUT2D eigenvalue weighted by Gasteiger charge is 2.42. The van der Waals surface area contributed by atoms with Gasteiger partial charge in [-0.2, -0.15) is 0 Å². The van der Waals surface area contributed by atoms with Crippen molar-refractivity contribution in [3.63, 3.8) is 0 Å². The molecule has 2 aromatic carbocycles. The van der Waals surface area contributed by atoms with Crippen molar-refractivity contribution < 1.29 is 28.2 Å². The van der Waals surface area contributed by atoms with E-state index in [0.29, 0.717) is 35.8 Å². The number of ether oxygens (including phenoxy) is 3. The quantitative estimate of drug-likeness (QED) is 0.599. The summed E-state index contributed by atoms with van der Waals surface area (Å²) in [5.41, 5.74) is 1.12. The molecule has 2 aromatic rings. The van der Waals surface area contributed by atoms with E-state index in [4.69, 9.17) is 14.2 Å². The van der Waals surface area contributed by atoms with Crippen molar-refractivity contribution >= 4 is 17.4 Å². The maximum atomic E-state index is 13.5. The zero-order valence-electron chi connectivity index (χ0n) is 18.9. The summed E-state index contributed by atoms with van der Waals surface area (Å²) < 4.78 is 30.2. The number of rotatable bonds is 7. The first-order valence-electron chi connectivity index (χ1n) is 10.9. The molecule has 1 fully saturated rings. The zero-order chi connectivity index (χ0) is 23.5. The van der Waals surface area contributed by atoms with Crippen LogP contribution in [0.2, 0.25) is 0 Å². The smallest absolute Gasteiger partial charge is 0.277 e. The van der Waals surface area contributed by atoms with E-state index in [9.17, 15) is 14.0 Å². The second kappa shape index (κ2) is 9.62. The van der Waals surface area contributed by atoms with Gasteiger partial charge in [0.15, 0.2) is 0 Å². The predicted octanol–water partition coefficient (Wildman–Crippen LogP) is 3.10. The third-order valence-electron chi connectivity index (χ3n) is 5.66. The summed E-state index contributed by atoms with van der Waals surface area (Å²) >= 11 is 0. The lowest BCUT2D eigenvalue weighted by atomic mass is 10.0. The molecule has 2 unspecified atom stereocenters. The van der Waals surface area contributed by atoms with Gasteiger partial charge in [-0.05, 0) is 55.8 Å². The number of methoxy groups -OCH3 is 1. The van der Waals surface area contributed by atoms with Gasteiger partial charge in [-0.15, -0.1) is 0 Å². The van der Waals surface area contributed by atoms with Crippen LogP contribution in [0.3, 0.4) is 0 Å². The van der Waals surface area contributed by atoms with E-state index in [1.165, 1.54) is 29.2 Å². The Kier molecular flexibility index (Phi) is 6.65. The Hall–Kier alpha value is -3.39. The van der Waals surface area contributed by atoms with E-state index in [1.807, 2.05) is 18.7 Å². The Bertz CT molecular complexity index is 1040. The molecule has 0 N–H and O–H groups in total. The molecular formula is C25H27FN2O5. The van der Waals surface area contributed by atoms with Crippen molar-refractivity contribution in [3.05, 3.63) is 65.6 Å². The van der Waals surface area contributed by atoms with Gasteiger partial charge < -0.3 is 19.1 Å². The van der Waals surface area contributed by atoms with Crippen LogP contribution in [0, 0.1) is 5.82 Å². The average molecular weight is 454 g/mol. The maximum absolute atomic E-state index is 13.5. The lowest BCUT2D eigenvalue weighted by Gasteiger charge is -2.37. The number of amides is 2. The Morgan fingerprint density at radius 1 is 0.939 bits per heavy atom. The summed E-state index contributed by atoms with van der Waals surface area (Å²) in [7, 11) is 1.58. The summed E-state index contributed by atoms with van der Waals surface area (Å²) in [6.45, 7) is 5.07. The number of carbonyl (C=O) groups is 2. The molecule has 0 saturated carbocycles. The molecule has 2 heterocycles. The van der Waals surface area contributed by atoms with Gasteiger partial charge in [0.2, 0.25) is 0 Å². The SMILES string of the molecule is COc1ccc(OCCN2C(=O)C(c3ccc(F)cc3)=C(N3CC(C)OC(C)C3)C2=O)cc1. The van der Waals surface area contributed by atoms with Gasteiger partial charge in [0.1, 0.15) is 29.6 Å². The topological polar surface area (TPSA) is 68.3 Å². The summed E-state index contributed by atoms with van der Waals surface area (Å²) in [5, 5.41) is 0. The largest absolute Gasteiger partial charge is 0.497 e. The molecule has 4 rings (SSSR count). The molecule has 2 amide bonds. The minimum Gasteiger partial charge on any atom is -0.497 e. The first kappa shape index (κ1) is 22.8. The molecule has 0 aliphatic carbocycles. The van der Waals surface area contributed by atoms with Crippen molar-refractivity contribution in [2.45, 2.75) is 26.1 Å². The molecule has 1 saturated heterocycles. The lowest BCUT2D eigenvalue weighted by molar-refractivity contribution is -0.138. The second-order valence-electron chi connectivity index (χ2n) is 8.18. The Morgan fingerprint density at radius 3 is 2.15 bits per heavy atom. The summed E-state index contributed by atoms with van der Waals surface area (Å²) in [6.07, 6.45) is -0.183. The van der Waals surface area contributed by atoms with Gasteiger partial charge in [0, 0.05) is 13.1 Å². The molecule has 8 heteroatoms. The van der Waals surface area contributed by atoms with Crippen LogP contribution in [0.4, 0.5) is 4.39 Å². The van der Waals surface area contributed by atoms with Crippen molar-refractivity contribution in [2.75, 3.05) is 33.4 Å². The molecule has 2 aliphatic rings. The fourth-order valence-electron chi connectivity index (χ4n) is 4.22. The molecule has 0 bridgehead atoms. The van der Waals surface area contributed by atoms with Crippen LogP contribution >= 0.6 is 0 Å². The summed E-state index contributed by atoms with van der Waals surface area (Å²) in [6, 6.07) is 12.7. The molecule has 7 nitrogen and oxygen atoms in total. The van der Waals surface area contributed by atoms with Gasteiger partial charge in [0.25, 0.3) is 11.8 Å². The van der Waals surface area contributed by atoms with Crippen LogP contribution < -0.4 is 9.47 Å². The van der Waals surface area contributed by atoms with Crippen LogP contribution in [0.25, 0.3) is 5.57 Å². The minimum atomic E-state index is -0.410. The highest BCUT2D eigenvalue weighted by molar-refractivity contribution is 6.35. The van der Waals surface area contributed by atoms with Crippen molar-refractivity contribution in [3.8, 4) is 11.5 Å². The number of hydrogen-bond acceptors (Lipinski definition) is 6. The molecular weight excluding hydrogens is 427 g/mol. The predicted molar refractivity (Wildman–Crippen MR) is 120 cm³/mol. The standard InChI is InChI=1S/C25H27FN2O5/c1-16-14-27(15-17(2)33-16)23-22(18-4-6-19(26)7-5-18)24(29)28(25(23)30)12-13-32-21-10-8-20(31-3)9-11-21/h4-11,16-17H,12-15H2,1-3H3. The van der Waals surface area contributed by atoms with Gasteiger partial charge in [-0.25, -0.2) is 4.39 Å². The van der Waals surface area contributed by atoms with E-state index in [2.05, 4.69) is 0 Å². The van der Waals surface area contributed by atoms with E-state index >= 15 is 0 Å². The third-order valence-corrected chi connectivity index (χ3v) is 5.66. The monoisotopic (exact) mass is 454 g/mol. The van der Waals surface area contributed by atoms with Crippen molar-refractivity contribution in [2.24, 2.45) is 0 Å². The molecule has 0 aromatic heterocycles. The van der Waals surface area contributed by atoms with E-state index in [1.54, 1.807) is 31.4 Å². The van der Waals surface area contributed by atoms with Crippen LogP contribution in [0.15, 0.2) is 54.2 Å². The summed E-state index contributed by atoms with van der Waals surface area (Å²) in [5.74, 6) is 0.124. The molecule has 2 atom stereocenters. The van der Waals surface area contributed by atoms with Crippen molar-refractivity contribution in [1.29, 1.82) is 0 Å². The fraction of sp³-hybridized carbons (Fsp3) is 0.360. The molecule has 2 aliphatic heterocycles. The van der Waals surface area contributed by atoms with Gasteiger partial charge in [-0.3, -0.25) is 14.5 Å². The van der Waals surface area contributed by atoms with Gasteiger partial charge in [-0.1, -0.05) is 12.1 Å². The Morgan fingerprint density at radius 2 is 1.55 bits per heavy atom. The average Bonchev–Trinajstić information content (AvgIpc) is 3.04. The van der Waals surface area contributed by atoms with Crippen LogP contribution in [0.1, 0.15) is 19.4 Å². The maximum Gasteiger partial charge on any atom is 0.277 e. The van der Waals surface area contributed by atoms with Gasteiger partial charge >= 0.3 is 0 Å². The first-order valence-corrected chi connectivity index (χ1v) is 10.9. The second-order valence-corrected chi connectivity index (χ2v) is 8.18. The third kappa shape index (κ3) is 4.85.